The van der Waals surface area contributed by atoms with Crippen LogP contribution in [-0.4, -0.2) is 11.8 Å². The first kappa shape index (κ1) is 15.5. The van der Waals surface area contributed by atoms with E-state index in [1.807, 2.05) is 23.9 Å². The minimum atomic E-state index is -0.185. The average Bonchev–Trinajstić information content (AvgIpc) is 2.35. The molecule has 3 heteroatoms. The highest BCUT2D eigenvalue weighted by atomic mass is 32.2. The smallest absolute Gasteiger partial charge is 0.123 e. The van der Waals surface area contributed by atoms with Crippen LogP contribution in [0.5, 0.6) is 0 Å². The molecule has 18 heavy (non-hydrogen) atoms. The number of benzene rings is 1. The molecule has 1 rings (SSSR count). The van der Waals surface area contributed by atoms with Gasteiger partial charge in [-0.3, -0.25) is 0 Å². The molecule has 0 amide bonds. The summed E-state index contributed by atoms with van der Waals surface area (Å²) in [5.74, 6) is 1.63. The Balaban J connectivity index is 2.68. The van der Waals surface area contributed by atoms with E-state index < -0.39 is 0 Å². The third-order valence-corrected chi connectivity index (χ3v) is 4.50. The van der Waals surface area contributed by atoms with E-state index in [0.29, 0.717) is 5.92 Å². The van der Waals surface area contributed by atoms with Crippen molar-refractivity contribution < 1.29 is 4.39 Å². The summed E-state index contributed by atoms with van der Waals surface area (Å²) in [6, 6.07) is 6.89. The van der Waals surface area contributed by atoms with E-state index in [0.717, 1.165) is 17.7 Å². The molecule has 2 N–H and O–H groups in total. The highest BCUT2D eigenvalue weighted by Gasteiger charge is 2.19. The minimum Gasteiger partial charge on any atom is -0.326 e. The first-order chi connectivity index (χ1) is 8.54. The number of thioether (sulfide) groups is 1. The van der Waals surface area contributed by atoms with Crippen LogP contribution in [0.3, 0.4) is 0 Å². The Kier molecular flexibility index (Phi) is 6.72. The average molecular weight is 269 g/mol. The second kappa shape index (κ2) is 7.80. The Morgan fingerprint density at radius 3 is 2.33 bits per heavy atom. The molecule has 0 fully saturated rings. The molecular formula is C15H24FNS. The fourth-order valence-electron chi connectivity index (χ4n) is 1.76. The predicted molar refractivity (Wildman–Crippen MR) is 79.3 cm³/mol. The molecule has 2 atom stereocenters. The summed E-state index contributed by atoms with van der Waals surface area (Å²) in [5, 5.41) is 0.273. The lowest BCUT2D eigenvalue weighted by atomic mass is 10.0. The lowest BCUT2D eigenvalue weighted by molar-refractivity contribution is 0.612. The van der Waals surface area contributed by atoms with E-state index in [4.69, 9.17) is 5.73 Å². The van der Waals surface area contributed by atoms with E-state index in [-0.39, 0.29) is 17.1 Å². The SMILES string of the molecule is CCC(N)C(SCCC(C)C)c1ccc(F)cc1. The molecule has 0 radical (unpaired) electrons. The number of hydrogen-bond acceptors (Lipinski definition) is 2. The van der Waals surface area contributed by atoms with E-state index in [9.17, 15) is 4.39 Å². The van der Waals surface area contributed by atoms with Crippen LogP contribution in [0, 0.1) is 11.7 Å². The van der Waals surface area contributed by atoms with Gasteiger partial charge in [-0.25, -0.2) is 4.39 Å². The zero-order chi connectivity index (χ0) is 13.5. The van der Waals surface area contributed by atoms with Gasteiger partial charge in [0, 0.05) is 11.3 Å². The standard InChI is InChI=1S/C15H24FNS/c1-4-14(17)15(18-10-9-11(2)3)12-5-7-13(16)8-6-12/h5-8,11,14-15H,4,9-10,17H2,1-3H3. The fourth-order valence-corrected chi connectivity index (χ4v) is 3.41. The van der Waals surface area contributed by atoms with E-state index in [1.165, 1.54) is 18.6 Å². The topological polar surface area (TPSA) is 26.0 Å². The molecule has 1 aromatic rings. The maximum Gasteiger partial charge on any atom is 0.123 e. The third kappa shape index (κ3) is 4.99. The summed E-state index contributed by atoms with van der Waals surface area (Å²) in [5.41, 5.74) is 7.33. The van der Waals surface area contributed by atoms with E-state index in [2.05, 4.69) is 20.8 Å². The molecule has 0 aliphatic carbocycles. The van der Waals surface area contributed by atoms with Crippen molar-refractivity contribution in [1.82, 2.24) is 0 Å². The van der Waals surface area contributed by atoms with Crippen LogP contribution >= 0.6 is 11.8 Å². The number of hydrogen-bond donors (Lipinski definition) is 1. The number of nitrogens with two attached hydrogens (primary N) is 1. The van der Waals surface area contributed by atoms with E-state index >= 15 is 0 Å². The van der Waals surface area contributed by atoms with Gasteiger partial charge in [0.05, 0.1) is 0 Å². The Morgan fingerprint density at radius 2 is 1.83 bits per heavy atom. The quantitative estimate of drug-likeness (QED) is 0.794. The minimum absolute atomic E-state index is 0.132. The number of rotatable bonds is 7. The third-order valence-electron chi connectivity index (χ3n) is 3.05. The molecule has 0 saturated heterocycles. The Labute approximate surface area is 114 Å². The first-order valence-electron chi connectivity index (χ1n) is 6.67. The second-order valence-electron chi connectivity index (χ2n) is 5.10. The normalized spacial score (nSPS) is 14.8. The van der Waals surface area contributed by atoms with Crippen molar-refractivity contribution in [3.05, 3.63) is 35.6 Å². The maximum absolute atomic E-state index is 13.0. The van der Waals surface area contributed by atoms with E-state index in [1.54, 1.807) is 0 Å². The Hall–Kier alpha value is -0.540. The molecule has 0 aromatic heterocycles. The number of halogens is 1. The molecule has 1 aromatic carbocycles. The fraction of sp³-hybridized carbons (Fsp3) is 0.600. The van der Waals surface area contributed by atoms with Crippen molar-refractivity contribution in [2.75, 3.05) is 5.75 Å². The molecule has 0 saturated carbocycles. The van der Waals surface area contributed by atoms with Gasteiger partial charge in [-0.2, -0.15) is 11.8 Å². The van der Waals surface area contributed by atoms with Crippen molar-refractivity contribution in [2.24, 2.45) is 11.7 Å². The molecule has 1 nitrogen and oxygen atoms in total. The monoisotopic (exact) mass is 269 g/mol. The predicted octanol–water partition coefficient (Wildman–Crippen LogP) is 4.38. The van der Waals surface area contributed by atoms with Crippen molar-refractivity contribution in [2.45, 2.75) is 44.9 Å². The first-order valence-corrected chi connectivity index (χ1v) is 7.72. The Bertz CT molecular complexity index is 337. The van der Waals surface area contributed by atoms with Gasteiger partial charge in [0.1, 0.15) is 5.82 Å². The summed E-state index contributed by atoms with van der Waals surface area (Å²) in [6.45, 7) is 6.56. The van der Waals surface area contributed by atoms with Crippen molar-refractivity contribution >= 4 is 11.8 Å². The van der Waals surface area contributed by atoms with Gasteiger partial charge in [-0.05, 0) is 42.2 Å². The molecule has 2 unspecified atom stereocenters. The van der Waals surface area contributed by atoms with Crippen LogP contribution in [0.2, 0.25) is 0 Å². The van der Waals surface area contributed by atoms with Crippen LogP contribution in [0.1, 0.15) is 44.4 Å². The summed E-state index contributed by atoms with van der Waals surface area (Å²) in [7, 11) is 0. The van der Waals surface area contributed by atoms with Gasteiger partial charge in [-0.15, -0.1) is 0 Å². The Morgan fingerprint density at radius 1 is 1.22 bits per heavy atom. The lowest BCUT2D eigenvalue weighted by Crippen LogP contribution is -2.26. The molecule has 0 aliphatic heterocycles. The summed E-state index contributed by atoms with van der Waals surface area (Å²) in [6.07, 6.45) is 2.13. The second-order valence-corrected chi connectivity index (χ2v) is 6.35. The van der Waals surface area contributed by atoms with Crippen LogP contribution in [0.15, 0.2) is 24.3 Å². The molecule has 102 valence electrons. The van der Waals surface area contributed by atoms with Crippen molar-refractivity contribution in [1.29, 1.82) is 0 Å². The largest absolute Gasteiger partial charge is 0.326 e. The van der Waals surface area contributed by atoms with Gasteiger partial charge in [-0.1, -0.05) is 32.9 Å². The van der Waals surface area contributed by atoms with Crippen molar-refractivity contribution in [3.63, 3.8) is 0 Å². The van der Waals surface area contributed by atoms with Gasteiger partial charge in [0.2, 0.25) is 0 Å². The molecular weight excluding hydrogens is 245 g/mol. The highest BCUT2D eigenvalue weighted by Crippen LogP contribution is 2.33. The van der Waals surface area contributed by atoms with Crippen LogP contribution in [-0.2, 0) is 0 Å². The van der Waals surface area contributed by atoms with Gasteiger partial charge in [0.25, 0.3) is 0 Å². The molecule has 0 bridgehead atoms. The summed E-state index contributed by atoms with van der Waals surface area (Å²) < 4.78 is 13.0. The maximum atomic E-state index is 13.0. The van der Waals surface area contributed by atoms with Gasteiger partial charge >= 0.3 is 0 Å². The van der Waals surface area contributed by atoms with Gasteiger partial charge < -0.3 is 5.73 Å². The molecule has 0 heterocycles. The molecule has 0 spiro atoms. The summed E-state index contributed by atoms with van der Waals surface area (Å²) in [4.78, 5) is 0. The highest BCUT2D eigenvalue weighted by molar-refractivity contribution is 7.99. The van der Waals surface area contributed by atoms with Crippen LogP contribution in [0.4, 0.5) is 4.39 Å². The van der Waals surface area contributed by atoms with Gasteiger partial charge in [0.15, 0.2) is 0 Å². The lowest BCUT2D eigenvalue weighted by Gasteiger charge is -2.23. The van der Waals surface area contributed by atoms with Crippen LogP contribution < -0.4 is 5.73 Å². The zero-order valence-corrected chi connectivity index (χ0v) is 12.3. The summed E-state index contributed by atoms with van der Waals surface area (Å²) >= 11 is 1.89. The van der Waals surface area contributed by atoms with Crippen LogP contribution in [0.25, 0.3) is 0 Å². The zero-order valence-electron chi connectivity index (χ0n) is 11.5. The molecule has 0 aliphatic rings. The van der Waals surface area contributed by atoms with Crippen molar-refractivity contribution in [3.8, 4) is 0 Å².